The topological polar surface area (TPSA) is 63.5 Å². The molecule has 0 spiro atoms. The maximum atomic E-state index is 12.5. The number of nitrogens with one attached hydrogen (secondary N) is 2. The fraction of sp³-hybridized carbons (Fsp3) is 0.412. The van der Waals surface area contributed by atoms with E-state index in [1.54, 1.807) is 13.1 Å². The van der Waals surface area contributed by atoms with Crippen LogP contribution < -0.4 is 15.4 Å². The number of aliphatic imine (C=N–C) groups is 1. The number of aryl methyl sites for hydroxylation is 2. The van der Waals surface area contributed by atoms with Gasteiger partial charge in [-0.25, -0.2) is 0 Å². The van der Waals surface area contributed by atoms with Gasteiger partial charge in [0.15, 0.2) is 5.96 Å². The third-order valence-electron chi connectivity index (χ3n) is 3.53. The van der Waals surface area contributed by atoms with Gasteiger partial charge in [-0.3, -0.25) is 9.67 Å². The molecule has 2 rings (SSSR count). The zero-order chi connectivity index (χ0) is 18.9. The molecule has 0 atom stereocenters. The molecular formula is C17H22ClF2N5O. The Kier molecular flexibility index (Phi) is 7.65. The number of aromatic nitrogens is 2. The lowest BCUT2D eigenvalue weighted by Crippen LogP contribution is -2.37. The summed E-state index contributed by atoms with van der Waals surface area (Å²) in [6, 6.07) is 4.51. The van der Waals surface area contributed by atoms with Crippen molar-refractivity contribution < 1.29 is 13.5 Å². The minimum absolute atomic E-state index is 0.0846. The van der Waals surface area contributed by atoms with Crippen molar-refractivity contribution in [2.75, 3.05) is 13.6 Å². The van der Waals surface area contributed by atoms with Crippen molar-refractivity contribution in [1.29, 1.82) is 0 Å². The highest BCUT2D eigenvalue weighted by Crippen LogP contribution is 2.24. The number of nitrogens with zero attached hydrogens (tertiary/aromatic N) is 3. The molecule has 142 valence electrons. The first kappa shape index (κ1) is 20.0. The van der Waals surface area contributed by atoms with Crippen molar-refractivity contribution in [2.24, 2.45) is 4.99 Å². The number of rotatable bonds is 8. The Balaban J connectivity index is 1.82. The van der Waals surface area contributed by atoms with Crippen molar-refractivity contribution in [1.82, 2.24) is 20.4 Å². The minimum atomic E-state index is -2.89. The summed E-state index contributed by atoms with van der Waals surface area (Å²) in [6.07, 6.45) is 4.66. The van der Waals surface area contributed by atoms with Gasteiger partial charge >= 0.3 is 6.61 Å². The van der Waals surface area contributed by atoms with E-state index in [4.69, 9.17) is 11.6 Å². The van der Waals surface area contributed by atoms with Crippen LogP contribution in [0.3, 0.4) is 0 Å². The van der Waals surface area contributed by atoms with Gasteiger partial charge in [0, 0.05) is 43.5 Å². The van der Waals surface area contributed by atoms with Gasteiger partial charge in [0.25, 0.3) is 0 Å². The van der Waals surface area contributed by atoms with Crippen LogP contribution in [0, 0.1) is 6.92 Å². The number of hydrogen-bond acceptors (Lipinski definition) is 3. The van der Waals surface area contributed by atoms with E-state index in [-0.39, 0.29) is 12.3 Å². The maximum Gasteiger partial charge on any atom is 0.387 e. The second-order valence-corrected chi connectivity index (χ2v) is 6.05. The molecule has 6 nitrogen and oxygen atoms in total. The Morgan fingerprint density at radius 3 is 2.85 bits per heavy atom. The summed E-state index contributed by atoms with van der Waals surface area (Å²) in [7, 11) is 1.64. The number of benzene rings is 1. The molecule has 0 saturated heterocycles. The number of ether oxygens (including phenoxy) is 1. The normalized spacial score (nSPS) is 11.7. The molecule has 0 saturated carbocycles. The van der Waals surface area contributed by atoms with Crippen LogP contribution in [-0.2, 0) is 13.1 Å². The largest absolute Gasteiger partial charge is 0.434 e. The van der Waals surface area contributed by atoms with E-state index in [1.807, 2.05) is 24.0 Å². The molecule has 0 aliphatic rings. The molecule has 26 heavy (non-hydrogen) atoms. The van der Waals surface area contributed by atoms with Crippen LogP contribution in [0.4, 0.5) is 8.78 Å². The summed E-state index contributed by atoms with van der Waals surface area (Å²) < 4.78 is 31.4. The van der Waals surface area contributed by atoms with E-state index in [1.165, 1.54) is 12.1 Å². The van der Waals surface area contributed by atoms with Crippen molar-refractivity contribution >= 4 is 17.6 Å². The Morgan fingerprint density at radius 2 is 2.19 bits per heavy atom. The Morgan fingerprint density at radius 1 is 1.38 bits per heavy atom. The summed E-state index contributed by atoms with van der Waals surface area (Å²) in [4.78, 5) is 4.11. The van der Waals surface area contributed by atoms with Crippen LogP contribution in [0.2, 0.25) is 5.02 Å². The summed E-state index contributed by atoms with van der Waals surface area (Å²) in [5.74, 6) is 0.644. The monoisotopic (exact) mass is 385 g/mol. The highest BCUT2D eigenvalue weighted by atomic mass is 35.5. The predicted molar refractivity (Wildman–Crippen MR) is 97.9 cm³/mol. The number of guanidine groups is 1. The SMILES string of the molecule is CN=C(NCCCn1cc(C)cn1)NCc1cc(Cl)ccc1OC(F)F. The number of halogens is 3. The van der Waals surface area contributed by atoms with E-state index >= 15 is 0 Å². The van der Waals surface area contributed by atoms with Crippen LogP contribution in [-0.4, -0.2) is 35.9 Å². The van der Waals surface area contributed by atoms with Gasteiger partial charge in [-0.2, -0.15) is 13.9 Å². The summed E-state index contributed by atoms with van der Waals surface area (Å²) in [6.45, 7) is 0.835. The molecule has 0 aliphatic heterocycles. The van der Waals surface area contributed by atoms with Gasteiger partial charge in [0.05, 0.1) is 6.20 Å². The molecule has 1 aromatic carbocycles. The lowest BCUT2D eigenvalue weighted by Gasteiger charge is -2.15. The fourth-order valence-corrected chi connectivity index (χ4v) is 2.53. The predicted octanol–water partition coefficient (Wildman–Crippen LogP) is 3.20. The third-order valence-corrected chi connectivity index (χ3v) is 3.76. The lowest BCUT2D eigenvalue weighted by atomic mass is 10.2. The van der Waals surface area contributed by atoms with Crippen LogP contribution in [0.15, 0.2) is 35.6 Å². The van der Waals surface area contributed by atoms with Crippen LogP contribution in [0.1, 0.15) is 17.5 Å². The maximum absolute atomic E-state index is 12.5. The van der Waals surface area contributed by atoms with E-state index in [2.05, 4.69) is 25.5 Å². The Labute approximate surface area is 156 Å². The van der Waals surface area contributed by atoms with E-state index in [9.17, 15) is 8.78 Å². The molecule has 1 aromatic heterocycles. The quantitative estimate of drug-likeness (QED) is 0.416. The molecule has 2 aromatic rings. The van der Waals surface area contributed by atoms with Crippen molar-refractivity contribution in [3.05, 3.63) is 46.7 Å². The summed E-state index contributed by atoms with van der Waals surface area (Å²) in [5, 5.41) is 10.9. The molecule has 0 aliphatic carbocycles. The van der Waals surface area contributed by atoms with Gasteiger partial charge in [-0.05, 0) is 37.1 Å². The molecule has 0 amide bonds. The summed E-state index contributed by atoms with van der Waals surface area (Å²) in [5.41, 5.74) is 1.64. The van der Waals surface area contributed by atoms with Crippen molar-refractivity contribution in [2.45, 2.75) is 33.0 Å². The first-order valence-electron chi connectivity index (χ1n) is 8.14. The standard InChI is InChI=1S/C17H22ClF2N5O/c1-12-9-24-25(11-12)7-3-6-22-17(21-2)23-10-13-8-14(18)4-5-15(13)26-16(19)20/h4-5,8-9,11,16H,3,6-7,10H2,1-2H3,(H2,21,22,23). The fourth-order valence-electron chi connectivity index (χ4n) is 2.33. The van der Waals surface area contributed by atoms with E-state index in [0.717, 1.165) is 18.5 Å². The lowest BCUT2D eigenvalue weighted by molar-refractivity contribution is -0.0504. The molecule has 0 radical (unpaired) electrons. The van der Waals surface area contributed by atoms with Gasteiger partial charge < -0.3 is 15.4 Å². The number of alkyl halides is 2. The highest BCUT2D eigenvalue weighted by Gasteiger charge is 2.11. The molecular weight excluding hydrogens is 364 g/mol. The van der Waals surface area contributed by atoms with Crippen molar-refractivity contribution in [3.8, 4) is 5.75 Å². The molecule has 2 N–H and O–H groups in total. The summed E-state index contributed by atoms with van der Waals surface area (Å²) >= 11 is 5.94. The number of hydrogen-bond donors (Lipinski definition) is 2. The first-order valence-corrected chi connectivity index (χ1v) is 8.52. The zero-order valence-corrected chi connectivity index (χ0v) is 15.4. The first-order chi connectivity index (χ1) is 12.5. The molecule has 0 fully saturated rings. The van der Waals surface area contributed by atoms with E-state index in [0.29, 0.717) is 23.1 Å². The molecule has 0 bridgehead atoms. The van der Waals surface area contributed by atoms with Crippen LogP contribution >= 0.6 is 11.6 Å². The van der Waals surface area contributed by atoms with Crippen molar-refractivity contribution in [3.63, 3.8) is 0 Å². The second-order valence-electron chi connectivity index (χ2n) is 5.62. The van der Waals surface area contributed by atoms with Gasteiger partial charge in [0.1, 0.15) is 5.75 Å². The molecule has 1 heterocycles. The highest BCUT2D eigenvalue weighted by molar-refractivity contribution is 6.30. The molecule has 9 heteroatoms. The van der Waals surface area contributed by atoms with Gasteiger partial charge in [-0.1, -0.05) is 11.6 Å². The second kappa shape index (κ2) is 9.96. The average molecular weight is 386 g/mol. The Hall–Kier alpha value is -2.35. The van der Waals surface area contributed by atoms with E-state index < -0.39 is 6.61 Å². The molecule has 0 unspecified atom stereocenters. The Bertz CT molecular complexity index is 736. The van der Waals surface area contributed by atoms with Gasteiger partial charge in [0.2, 0.25) is 0 Å². The van der Waals surface area contributed by atoms with Gasteiger partial charge in [-0.15, -0.1) is 0 Å². The zero-order valence-electron chi connectivity index (χ0n) is 14.7. The van der Waals surface area contributed by atoms with Crippen LogP contribution in [0.5, 0.6) is 5.75 Å². The smallest absolute Gasteiger partial charge is 0.387 e. The van der Waals surface area contributed by atoms with Crippen LogP contribution in [0.25, 0.3) is 0 Å². The third kappa shape index (κ3) is 6.51. The minimum Gasteiger partial charge on any atom is -0.434 e. The average Bonchev–Trinajstić information content (AvgIpc) is 3.01.